The number of piperidine rings is 1. The number of ether oxygens (including phenoxy) is 3. The van der Waals surface area contributed by atoms with E-state index < -0.39 is 0 Å². The number of hydrogen-bond acceptors (Lipinski definition) is 7. The van der Waals surface area contributed by atoms with Gasteiger partial charge in [0.05, 0.1) is 26.0 Å². The zero-order valence-electron chi connectivity index (χ0n) is 16.6. The summed E-state index contributed by atoms with van der Waals surface area (Å²) in [6.07, 6.45) is 6.82. The van der Waals surface area contributed by atoms with Gasteiger partial charge in [0.25, 0.3) is 0 Å². The van der Waals surface area contributed by atoms with Gasteiger partial charge >= 0.3 is 0 Å². The summed E-state index contributed by atoms with van der Waals surface area (Å²) in [7, 11) is 3.28. The van der Waals surface area contributed by atoms with Gasteiger partial charge in [-0.05, 0) is 43.7 Å². The lowest BCUT2D eigenvalue weighted by Gasteiger charge is -2.35. The predicted octanol–water partition coefficient (Wildman–Crippen LogP) is 3.63. The summed E-state index contributed by atoms with van der Waals surface area (Å²) in [5.41, 5.74) is 0.838. The highest BCUT2D eigenvalue weighted by Gasteiger charge is 2.29. The number of benzene rings is 1. The monoisotopic (exact) mass is 384 g/mol. The molecule has 2 aromatic rings. The molecule has 0 radical (unpaired) electrons. The Hall–Kier alpha value is -2.54. The molecule has 7 nitrogen and oxygen atoms in total. The van der Waals surface area contributed by atoms with Crippen molar-refractivity contribution < 1.29 is 14.2 Å². The van der Waals surface area contributed by atoms with Gasteiger partial charge in [-0.15, -0.1) is 0 Å². The van der Waals surface area contributed by atoms with Crippen molar-refractivity contribution in [3.63, 3.8) is 0 Å². The lowest BCUT2D eigenvalue weighted by atomic mass is 9.90. The molecular formula is C21H28N4O3. The topological polar surface area (TPSA) is 68.7 Å². The van der Waals surface area contributed by atoms with Crippen LogP contribution in [0.1, 0.15) is 25.7 Å². The molecule has 2 aliphatic rings. The first-order chi connectivity index (χ1) is 13.8. The van der Waals surface area contributed by atoms with Gasteiger partial charge in [-0.1, -0.05) is 0 Å². The molecule has 2 aliphatic heterocycles. The van der Waals surface area contributed by atoms with E-state index in [4.69, 9.17) is 14.2 Å². The van der Waals surface area contributed by atoms with Gasteiger partial charge in [-0.3, -0.25) is 0 Å². The summed E-state index contributed by atoms with van der Waals surface area (Å²) in [5.74, 6) is 3.84. The fourth-order valence-corrected chi connectivity index (χ4v) is 4.10. The van der Waals surface area contributed by atoms with E-state index >= 15 is 0 Å². The molecule has 1 aromatic carbocycles. The third-order valence-electron chi connectivity index (χ3n) is 5.68. The van der Waals surface area contributed by atoms with Gasteiger partial charge in [-0.2, -0.15) is 0 Å². The zero-order valence-corrected chi connectivity index (χ0v) is 16.6. The molecule has 4 rings (SSSR count). The van der Waals surface area contributed by atoms with Crippen LogP contribution in [0.4, 0.5) is 17.3 Å². The fourth-order valence-electron chi connectivity index (χ4n) is 4.10. The average Bonchev–Trinajstić information content (AvgIpc) is 3.29. The highest BCUT2D eigenvalue weighted by Crippen LogP contribution is 2.33. The van der Waals surface area contributed by atoms with Crippen LogP contribution in [0.5, 0.6) is 11.5 Å². The molecule has 2 saturated heterocycles. The number of nitrogens with one attached hydrogen (secondary N) is 1. The van der Waals surface area contributed by atoms with Crippen molar-refractivity contribution in [2.45, 2.75) is 31.8 Å². The summed E-state index contributed by atoms with van der Waals surface area (Å²) in [6.45, 7) is 2.94. The van der Waals surface area contributed by atoms with E-state index in [2.05, 4.69) is 20.2 Å². The Morgan fingerprint density at radius 3 is 2.64 bits per heavy atom. The van der Waals surface area contributed by atoms with E-state index in [-0.39, 0.29) is 0 Å². The van der Waals surface area contributed by atoms with Gasteiger partial charge in [0.15, 0.2) is 0 Å². The first-order valence-corrected chi connectivity index (χ1v) is 9.94. The molecule has 0 spiro atoms. The second kappa shape index (κ2) is 8.65. The summed E-state index contributed by atoms with van der Waals surface area (Å²) in [6, 6.07) is 7.66. The molecule has 2 fully saturated rings. The van der Waals surface area contributed by atoms with Crippen LogP contribution in [-0.2, 0) is 4.74 Å². The molecule has 0 saturated carbocycles. The van der Waals surface area contributed by atoms with E-state index in [0.29, 0.717) is 17.8 Å². The molecule has 1 atom stereocenters. The van der Waals surface area contributed by atoms with E-state index in [1.165, 1.54) is 12.8 Å². The first kappa shape index (κ1) is 18.8. The van der Waals surface area contributed by atoms with Crippen LogP contribution in [0, 0.1) is 5.92 Å². The predicted molar refractivity (Wildman–Crippen MR) is 109 cm³/mol. The average molecular weight is 384 g/mol. The molecule has 1 unspecified atom stereocenters. The van der Waals surface area contributed by atoms with Crippen molar-refractivity contribution in [2.75, 3.05) is 44.1 Å². The Morgan fingerprint density at radius 2 is 1.93 bits per heavy atom. The fraction of sp³-hybridized carbons (Fsp3) is 0.524. The third-order valence-corrected chi connectivity index (χ3v) is 5.68. The van der Waals surface area contributed by atoms with E-state index in [1.807, 2.05) is 24.3 Å². The summed E-state index contributed by atoms with van der Waals surface area (Å²) < 4.78 is 16.6. The Labute approximate surface area is 166 Å². The lowest BCUT2D eigenvalue weighted by molar-refractivity contribution is 0.0531. The number of nitrogens with zero attached hydrogens (tertiary/aromatic N) is 3. The van der Waals surface area contributed by atoms with Gasteiger partial charge in [-0.25, -0.2) is 9.97 Å². The molecule has 3 heterocycles. The minimum atomic E-state index is 0.465. The minimum Gasteiger partial charge on any atom is -0.497 e. The number of aromatic nitrogens is 2. The second-order valence-corrected chi connectivity index (χ2v) is 7.33. The van der Waals surface area contributed by atoms with Crippen molar-refractivity contribution >= 4 is 17.3 Å². The molecule has 1 N–H and O–H groups in total. The van der Waals surface area contributed by atoms with E-state index in [0.717, 1.165) is 55.6 Å². The number of rotatable bonds is 6. The smallest absolute Gasteiger partial charge is 0.146 e. The number of anilines is 3. The highest BCUT2D eigenvalue weighted by atomic mass is 16.5. The van der Waals surface area contributed by atoms with Crippen LogP contribution < -0.4 is 19.7 Å². The molecule has 150 valence electrons. The van der Waals surface area contributed by atoms with Gasteiger partial charge in [0, 0.05) is 31.8 Å². The molecular weight excluding hydrogens is 356 g/mol. The first-order valence-electron chi connectivity index (χ1n) is 9.94. The van der Waals surface area contributed by atoms with Gasteiger partial charge in [0.2, 0.25) is 0 Å². The summed E-state index contributed by atoms with van der Waals surface area (Å²) >= 11 is 0. The summed E-state index contributed by atoms with van der Waals surface area (Å²) in [4.78, 5) is 11.2. The van der Waals surface area contributed by atoms with Gasteiger partial charge < -0.3 is 24.4 Å². The lowest BCUT2D eigenvalue weighted by Crippen LogP contribution is -2.38. The van der Waals surface area contributed by atoms with Gasteiger partial charge in [0.1, 0.15) is 29.5 Å². The van der Waals surface area contributed by atoms with E-state index in [9.17, 15) is 0 Å². The molecule has 0 aliphatic carbocycles. The van der Waals surface area contributed by atoms with Crippen LogP contribution in [0.3, 0.4) is 0 Å². The van der Waals surface area contributed by atoms with Crippen LogP contribution in [0.25, 0.3) is 0 Å². The van der Waals surface area contributed by atoms with Crippen LogP contribution in [-0.4, -0.2) is 50.0 Å². The van der Waals surface area contributed by atoms with Crippen LogP contribution in [0.2, 0.25) is 0 Å². The Kier molecular flexibility index (Phi) is 5.81. The SMILES string of the molecule is COc1ccc(Nc2cc(N3CCC(C4CCCO4)CC3)ncn2)c(OC)c1. The maximum Gasteiger partial charge on any atom is 0.146 e. The molecule has 0 amide bonds. The number of methoxy groups -OCH3 is 2. The van der Waals surface area contributed by atoms with E-state index in [1.54, 1.807) is 20.5 Å². The normalized spacial score (nSPS) is 20.2. The molecule has 0 bridgehead atoms. The molecule has 1 aromatic heterocycles. The Morgan fingerprint density at radius 1 is 1.07 bits per heavy atom. The van der Waals surface area contributed by atoms with Crippen molar-refractivity contribution in [3.05, 3.63) is 30.6 Å². The largest absolute Gasteiger partial charge is 0.497 e. The van der Waals surface area contributed by atoms with Crippen molar-refractivity contribution in [1.29, 1.82) is 0 Å². The van der Waals surface area contributed by atoms with Crippen LogP contribution in [0.15, 0.2) is 30.6 Å². The zero-order chi connectivity index (χ0) is 19.3. The molecule has 7 heteroatoms. The standard InChI is InChI=1S/C21H28N4O3/c1-26-16-5-6-17(19(12-16)27-2)24-20-13-21(23-14-22-20)25-9-7-15(8-10-25)18-4-3-11-28-18/h5-6,12-15,18H,3-4,7-11H2,1-2H3,(H,22,23,24). The molecule has 28 heavy (non-hydrogen) atoms. The maximum atomic E-state index is 5.88. The third kappa shape index (κ3) is 4.14. The minimum absolute atomic E-state index is 0.465. The highest BCUT2D eigenvalue weighted by molar-refractivity contribution is 5.67. The second-order valence-electron chi connectivity index (χ2n) is 7.33. The summed E-state index contributed by atoms with van der Waals surface area (Å²) in [5, 5.41) is 3.33. The van der Waals surface area contributed by atoms with Crippen molar-refractivity contribution in [2.24, 2.45) is 5.92 Å². The number of hydrogen-bond donors (Lipinski definition) is 1. The van der Waals surface area contributed by atoms with Crippen molar-refractivity contribution in [1.82, 2.24) is 9.97 Å². The van der Waals surface area contributed by atoms with Crippen molar-refractivity contribution in [3.8, 4) is 11.5 Å². The Balaban J connectivity index is 1.42. The maximum absolute atomic E-state index is 5.88. The Bertz CT molecular complexity index is 787. The quantitative estimate of drug-likeness (QED) is 0.815. The van der Waals surface area contributed by atoms with Crippen LogP contribution >= 0.6 is 0 Å².